The summed E-state index contributed by atoms with van der Waals surface area (Å²) in [5, 5.41) is 12.6. The van der Waals surface area contributed by atoms with Crippen LogP contribution in [-0.2, 0) is 4.79 Å². The second kappa shape index (κ2) is 4.60. The molecule has 1 aromatic rings. The van der Waals surface area contributed by atoms with Gasteiger partial charge in [-0.1, -0.05) is 0 Å². The first-order valence-corrected chi connectivity index (χ1v) is 7.84. The van der Waals surface area contributed by atoms with Crippen LogP contribution in [0, 0.1) is 18.8 Å². The van der Waals surface area contributed by atoms with Gasteiger partial charge in [-0.2, -0.15) is 0 Å². The first kappa shape index (κ1) is 13.1. The quantitative estimate of drug-likeness (QED) is 0.869. The van der Waals surface area contributed by atoms with Crippen molar-refractivity contribution >= 4 is 17.2 Å². The Labute approximate surface area is 118 Å². The molecule has 2 fully saturated rings. The Morgan fingerprint density at radius 1 is 1.53 bits per heavy atom. The maximum Gasteiger partial charge on any atom is 0.224 e. The summed E-state index contributed by atoms with van der Waals surface area (Å²) in [7, 11) is 0. The van der Waals surface area contributed by atoms with Crippen molar-refractivity contribution < 1.29 is 9.90 Å². The fourth-order valence-electron chi connectivity index (χ4n) is 2.82. The smallest absolute Gasteiger partial charge is 0.224 e. The fraction of sp³-hybridized carbons (Fsp3) is 0.667. The average molecular weight is 279 g/mol. The van der Waals surface area contributed by atoms with E-state index in [2.05, 4.69) is 24.4 Å². The lowest BCUT2D eigenvalue weighted by Crippen LogP contribution is -2.51. The summed E-state index contributed by atoms with van der Waals surface area (Å²) >= 11 is 1.79. The highest BCUT2D eigenvalue weighted by Crippen LogP contribution is 2.50. The van der Waals surface area contributed by atoms with Crippen molar-refractivity contribution in [3.05, 3.63) is 21.9 Å². The number of carbonyl (C=O) groups is 1. The van der Waals surface area contributed by atoms with E-state index in [4.69, 9.17) is 0 Å². The van der Waals surface area contributed by atoms with Gasteiger partial charge in [-0.05, 0) is 51.2 Å². The third kappa shape index (κ3) is 2.56. The number of hydrogen-bond donors (Lipinski definition) is 2. The van der Waals surface area contributed by atoms with Crippen molar-refractivity contribution in [1.29, 1.82) is 0 Å². The number of thiophene rings is 1. The number of rotatable bonds is 5. The normalized spacial score (nSPS) is 28.8. The molecular weight excluding hydrogens is 258 g/mol. The van der Waals surface area contributed by atoms with Crippen LogP contribution in [0.3, 0.4) is 0 Å². The highest BCUT2D eigenvalue weighted by molar-refractivity contribution is 7.12. The van der Waals surface area contributed by atoms with Crippen molar-refractivity contribution in [2.24, 2.45) is 11.8 Å². The van der Waals surface area contributed by atoms with Gasteiger partial charge in [0.05, 0.1) is 12.1 Å². The van der Waals surface area contributed by atoms with Crippen LogP contribution >= 0.6 is 11.3 Å². The highest BCUT2D eigenvalue weighted by Gasteiger charge is 2.49. The van der Waals surface area contributed by atoms with Crippen LogP contribution in [0.2, 0.25) is 0 Å². The predicted molar refractivity (Wildman–Crippen MR) is 76.3 cm³/mol. The molecule has 0 saturated heterocycles. The summed E-state index contributed by atoms with van der Waals surface area (Å²) in [6.45, 7) is 4.11. The Morgan fingerprint density at radius 3 is 2.79 bits per heavy atom. The van der Waals surface area contributed by atoms with Gasteiger partial charge in [-0.3, -0.25) is 4.79 Å². The molecule has 1 aromatic heterocycles. The minimum atomic E-state index is -0.407. The number of aliphatic hydroxyl groups is 1. The zero-order chi connectivity index (χ0) is 13.6. The topological polar surface area (TPSA) is 49.3 Å². The van der Waals surface area contributed by atoms with E-state index < -0.39 is 5.54 Å². The van der Waals surface area contributed by atoms with Gasteiger partial charge in [-0.25, -0.2) is 0 Å². The highest BCUT2D eigenvalue weighted by atomic mass is 32.1. The maximum absolute atomic E-state index is 12.3. The standard InChI is InChI=1S/C15H21NO2S/c1-9-3-6-13(19-9)11-7-12(11)14(18)16-15(2,8-17)10-4-5-10/h3,6,10-12,17H,4-5,7-8H2,1-2H3,(H,16,18). The van der Waals surface area contributed by atoms with Crippen molar-refractivity contribution in [2.75, 3.05) is 6.61 Å². The Hall–Kier alpha value is -0.870. The summed E-state index contributed by atoms with van der Waals surface area (Å²) in [4.78, 5) is 14.9. The van der Waals surface area contributed by atoms with E-state index in [1.165, 1.54) is 9.75 Å². The van der Waals surface area contributed by atoms with Gasteiger partial charge < -0.3 is 10.4 Å². The van der Waals surface area contributed by atoms with Crippen molar-refractivity contribution in [1.82, 2.24) is 5.32 Å². The molecule has 1 heterocycles. The molecular formula is C15H21NO2S. The van der Waals surface area contributed by atoms with Crippen LogP contribution in [0.5, 0.6) is 0 Å². The predicted octanol–water partition coefficient (Wildman–Crippen LogP) is 2.44. The Morgan fingerprint density at radius 2 is 2.26 bits per heavy atom. The first-order valence-electron chi connectivity index (χ1n) is 7.03. The van der Waals surface area contributed by atoms with Crippen molar-refractivity contribution in [2.45, 2.75) is 44.6 Å². The molecule has 19 heavy (non-hydrogen) atoms. The molecule has 1 amide bonds. The lowest BCUT2D eigenvalue weighted by molar-refractivity contribution is -0.125. The van der Waals surface area contributed by atoms with E-state index in [9.17, 15) is 9.90 Å². The molecule has 3 rings (SSSR count). The van der Waals surface area contributed by atoms with Crippen LogP contribution in [0.1, 0.15) is 41.9 Å². The second-order valence-electron chi connectivity index (χ2n) is 6.24. The number of aliphatic hydroxyl groups excluding tert-OH is 1. The average Bonchev–Trinajstić information content (AvgIpc) is 3.27. The van der Waals surface area contributed by atoms with Gasteiger partial charge in [0.15, 0.2) is 0 Å². The molecule has 2 N–H and O–H groups in total. The third-order valence-electron chi connectivity index (χ3n) is 4.47. The lowest BCUT2D eigenvalue weighted by atomic mass is 9.96. The fourth-order valence-corrected chi connectivity index (χ4v) is 3.87. The van der Waals surface area contributed by atoms with Gasteiger partial charge >= 0.3 is 0 Å². The zero-order valence-electron chi connectivity index (χ0n) is 11.5. The van der Waals surface area contributed by atoms with E-state index in [0.717, 1.165) is 19.3 Å². The van der Waals surface area contributed by atoms with E-state index in [1.807, 2.05) is 6.92 Å². The number of amides is 1. The van der Waals surface area contributed by atoms with Crippen molar-refractivity contribution in [3.8, 4) is 0 Å². The summed E-state index contributed by atoms with van der Waals surface area (Å²) in [5.74, 6) is 1.10. The van der Waals surface area contributed by atoms with Crippen LogP contribution in [0.4, 0.5) is 0 Å². The van der Waals surface area contributed by atoms with Crippen LogP contribution in [0.15, 0.2) is 12.1 Å². The van der Waals surface area contributed by atoms with E-state index in [0.29, 0.717) is 11.8 Å². The largest absolute Gasteiger partial charge is 0.394 e. The number of hydrogen-bond acceptors (Lipinski definition) is 3. The monoisotopic (exact) mass is 279 g/mol. The molecule has 3 nitrogen and oxygen atoms in total. The SMILES string of the molecule is Cc1ccc(C2CC2C(=O)NC(C)(CO)C2CC2)s1. The van der Waals surface area contributed by atoms with E-state index >= 15 is 0 Å². The minimum Gasteiger partial charge on any atom is -0.394 e. The van der Waals surface area contributed by atoms with Crippen LogP contribution in [0.25, 0.3) is 0 Å². The van der Waals surface area contributed by atoms with Crippen LogP contribution in [-0.4, -0.2) is 23.2 Å². The van der Waals surface area contributed by atoms with Gasteiger partial charge in [0, 0.05) is 21.6 Å². The Bertz CT molecular complexity index is 494. The summed E-state index contributed by atoms with van der Waals surface area (Å²) in [6.07, 6.45) is 3.20. The van der Waals surface area contributed by atoms with Gasteiger partial charge in [0.25, 0.3) is 0 Å². The number of nitrogens with one attached hydrogen (secondary N) is 1. The molecule has 0 radical (unpaired) electrons. The van der Waals surface area contributed by atoms with E-state index in [-0.39, 0.29) is 18.4 Å². The summed E-state index contributed by atoms with van der Waals surface area (Å²) in [5.41, 5.74) is -0.407. The molecule has 2 saturated carbocycles. The first-order chi connectivity index (χ1) is 9.03. The molecule has 0 aliphatic heterocycles. The maximum atomic E-state index is 12.3. The Balaban J connectivity index is 1.60. The number of aryl methyl sites for hydroxylation is 1. The molecule has 104 valence electrons. The zero-order valence-corrected chi connectivity index (χ0v) is 12.3. The minimum absolute atomic E-state index is 0.0406. The van der Waals surface area contributed by atoms with Gasteiger partial charge in [-0.15, -0.1) is 11.3 Å². The molecule has 3 atom stereocenters. The van der Waals surface area contributed by atoms with Crippen molar-refractivity contribution in [3.63, 3.8) is 0 Å². The number of carbonyl (C=O) groups excluding carboxylic acids is 1. The third-order valence-corrected chi connectivity index (χ3v) is 5.60. The van der Waals surface area contributed by atoms with Crippen LogP contribution < -0.4 is 5.32 Å². The summed E-state index contributed by atoms with van der Waals surface area (Å²) < 4.78 is 0. The molecule has 0 bridgehead atoms. The molecule has 0 aromatic carbocycles. The van der Waals surface area contributed by atoms with Gasteiger partial charge in [0.1, 0.15) is 0 Å². The second-order valence-corrected chi connectivity index (χ2v) is 7.56. The summed E-state index contributed by atoms with van der Waals surface area (Å²) in [6, 6.07) is 4.26. The van der Waals surface area contributed by atoms with Gasteiger partial charge in [0.2, 0.25) is 5.91 Å². The molecule has 2 aliphatic rings. The lowest BCUT2D eigenvalue weighted by Gasteiger charge is -2.28. The molecule has 0 spiro atoms. The van der Waals surface area contributed by atoms with E-state index in [1.54, 1.807) is 11.3 Å². The molecule has 3 unspecified atom stereocenters. The molecule has 2 aliphatic carbocycles. The molecule has 4 heteroatoms. The Kier molecular flexibility index (Phi) is 3.18.